The Morgan fingerprint density at radius 3 is 3.08 bits per heavy atom. The molecule has 0 fully saturated rings. The van der Waals surface area contributed by atoms with Gasteiger partial charge in [-0.1, -0.05) is 17.8 Å². The first-order chi connectivity index (χ1) is 12.2. The molecular formula is C15H13N5O4S. The SMILES string of the molecule is O=C(CSc1nnc2[nH]c(=O)ccn12)NCc1ccc2c(c1)OCO2. The molecule has 1 amide bonds. The Morgan fingerprint density at radius 2 is 2.16 bits per heavy atom. The average molecular weight is 359 g/mol. The van der Waals surface area contributed by atoms with Crippen molar-refractivity contribution >= 4 is 23.4 Å². The highest BCUT2D eigenvalue weighted by molar-refractivity contribution is 7.99. The van der Waals surface area contributed by atoms with Gasteiger partial charge >= 0.3 is 0 Å². The summed E-state index contributed by atoms with van der Waals surface area (Å²) < 4.78 is 12.2. The maximum absolute atomic E-state index is 12.0. The number of nitrogens with zero attached hydrogens (tertiary/aromatic N) is 3. The number of thioether (sulfide) groups is 1. The number of nitrogens with one attached hydrogen (secondary N) is 2. The van der Waals surface area contributed by atoms with Crippen molar-refractivity contribution < 1.29 is 14.3 Å². The standard InChI is InChI=1S/C15H13N5O4S/c21-12-3-4-20-14(17-12)18-19-15(20)25-7-13(22)16-6-9-1-2-10-11(5-9)24-8-23-10/h1-5H,6-8H2,(H,16,22)(H,17,18,21). The summed E-state index contributed by atoms with van der Waals surface area (Å²) in [6.45, 7) is 0.614. The third-order valence-corrected chi connectivity index (χ3v) is 4.48. The average Bonchev–Trinajstić information content (AvgIpc) is 3.23. The molecule has 0 radical (unpaired) electrons. The summed E-state index contributed by atoms with van der Waals surface area (Å²) in [5.41, 5.74) is 0.672. The van der Waals surface area contributed by atoms with Crippen LogP contribution in [0.1, 0.15) is 5.56 Å². The highest BCUT2D eigenvalue weighted by Gasteiger charge is 2.14. The highest BCUT2D eigenvalue weighted by atomic mass is 32.2. The van der Waals surface area contributed by atoms with Crippen LogP contribution in [-0.4, -0.2) is 38.0 Å². The number of aromatic nitrogens is 4. The van der Waals surface area contributed by atoms with Gasteiger partial charge < -0.3 is 14.8 Å². The molecule has 128 valence electrons. The molecule has 3 aromatic rings. The van der Waals surface area contributed by atoms with E-state index >= 15 is 0 Å². The fourth-order valence-electron chi connectivity index (χ4n) is 2.32. The van der Waals surface area contributed by atoms with Gasteiger partial charge in [-0.15, -0.1) is 10.2 Å². The minimum Gasteiger partial charge on any atom is -0.454 e. The van der Waals surface area contributed by atoms with E-state index in [0.29, 0.717) is 29.0 Å². The van der Waals surface area contributed by atoms with Crippen LogP contribution in [0, 0.1) is 0 Å². The Kier molecular flexibility index (Phi) is 4.02. The number of amides is 1. The molecule has 10 heteroatoms. The molecule has 1 aliphatic rings. The van der Waals surface area contributed by atoms with Gasteiger partial charge in [-0.25, -0.2) is 0 Å². The summed E-state index contributed by atoms with van der Waals surface area (Å²) in [5, 5.41) is 11.2. The molecule has 1 aliphatic heterocycles. The molecule has 1 aromatic carbocycles. The molecule has 25 heavy (non-hydrogen) atoms. The smallest absolute Gasteiger partial charge is 0.252 e. The van der Waals surface area contributed by atoms with Crippen LogP contribution in [0.25, 0.3) is 5.78 Å². The number of hydrogen-bond acceptors (Lipinski definition) is 7. The number of ether oxygens (including phenoxy) is 2. The van der Waals surface area contributed by atoms with Crippen LogP contribution in [0.5, 0.6) is 11.5 Å². The summed E-state index contributed by atoms with van der Waals surface area (Å²) in [6, 6.07) is 6.92. The van der Waals surface area contributed by atoms with Crippen molar-refractivity contribution in [2.24, 2.45) is 0 Å². The Balaban J connectivity index is 1.33. The van der Waals surface area contributed by atoms with Crippen LogP contribution in [0.15, 0.2) is 40.4 Å². The van der Waals surface area contributed by atoms with E-state index < -0.39 is 0 Å². The van der Waals surface area contributed by atoms with Crippen molar-refractivity contribution in [1.29, 1.82) is 0 Å². The van der Waals surface area contributed by atoms with Gasteiger partial charge in [0.05, 0.1) is 5.75 Å². The van der Waals surface area contributed by atoms with E-state index in [-0.39, 0.29) is 24.0 Å². The van der Waals surface area contributed by atoms with Gasteiger partial charge in [-0.3, -0.25) is 19.0 Å². The molecule has 0 aliphatic carbocycles. The third kappa shape index (κ3) is 3.29. The number of hydrogen-bond donors (Lipinski definition) is 2. The fraction of sp³-hybridized carbons (Fsp3) is 0.200. The molecule has 0 unspecified atom stereocenters. The normalized spacial score (nSPS) is 12.5. The van der Waals surface area contributed by atoms with E-state index in [9.17, 15) is 9.59 Å². The largest absolute Gasteiger partial charge is 0.454 e. The van der Waals surface area contributed by atoms with Gasteiger partial charge in [0, 0.05) is 18.8 Å². The summed E-state index contributed by atoms with van der Waals surface area (Å²) in [7, 11) is 0. The van der Waals surface area contributed by atoms with E-state index in [4.69, 9.17) is 9.47 Å². The van der Waals surface area contributed by atoms with Crippen molar-refractivity contribution in [3.63, 3.8) is 0 Å². The molecule has 0 saturated carbocycles. The van der Waals surface area contributed by atoms with E-state index in [2.05, 4.69) is 20.5 Å². The second-order valence-electron chi connectivity index (χ2n) is 5.23. The van der Waals surface area contributed by atoms with Gasteiger partial charge in [-0.2, -0.15) is 0 Å². The van der Waals surface area contributed by atoms with Crippen LogP contribution in [-0.2, 0) is 11.3 Å². The number of fused-ring (bicyclic) bond motifs is 2. The Bertz CT molecular complexity index is 999. The van der Waals surface area contributed by atoms with Crippen LogP contribution in [0.4, 0.5) is 0 Å². The Labute approximate surface area is 145 Å². The first-order valence-electron chi connectivity index (χ1n) is 7.41. The molecule has 2 N–H and O–H groups in total. The topological polar surface area (TPSA) is 111 Å². The Morgan fingerprint density at radius 1 is 1.28 bits per heavy atom. The minimum atomic E-state index is -0.252. The monoisotopic (exact) mass is 359 g/mol. The second kappa shape index (κ2) is 6.48. The molecule has 0 atom stereocenters. The van der Waals surface area contributed by atoms with Crippen LogP contribution < -0.4 is 20.3 Å². The van der Waals surface area contributed by atoms with Crippen LogP contribution >= 0.6 is 11.8 Å². The first kappa shape index (κ1) is 15.5. The van der Waals surface area contributed by atoms with Crippen molar-refractivity contribution in [3.8, 4) is 11.5 Å². The van der Waals surface area contributed by atoms with Gasteiger partial charge in [0.1, 0.15) is 0 Å². The molecule has 3 heterocycles. The summed E-state index contributed by atoms with van der Waals surface area (Å²) >= 11 is 1.24. The maximum Gasteiger partial charge on any atom is 0.252 e. The van der Waals surface area contributed by atoms with Gasteiger partial charge in [-0.05, 0) is 17.7 Å². The zero-order valence-electron chi connectivity index (χ0n) is 12.9. The third-order valence-electron chi connectivity index (χ3n) is 3.53. The number of H-pyrrole nitrogens is 1. The van der Waals surface area contributed by atoms with Gasteiger partial charge in [0.25, 0.3) is 5.56 Å². The number of benzene rings is 1. The van der Waals surface area contributed by atoms with Gasteiger partial charge in [0.15, 0.2) is 16.7 Å². The predicted molar refractivity (Wildman–Crippen MR) is 88.7 cm³/mol. The van der Waals surface area contributed by atoms with E-state index in [1.807, 2.05) is 18.2 Å². The van der Waals surface area contributed by atoms with E-state index in [1.165, 1.54) is 17.8 Å². The number of carbonyl (C=O) groups excluding carboxylic acids is 1. The van der Waals surface area contributed by atoms with Crippen molar-refractivity contribution in [1.82, 2.24) is 24.9 Å². The molecule has 2 aromatic heterocycles. The quantitative estimate of drug-likeness (QED) is 0.640. The first-order valence-corrected chi connectivity index (χ1v) is 8.40. The van der Waals surface area contributed by atoms with Crippen LogP contribution in [0.3, 0.4) is 0 Å². The second-order valence-corrected chi connectivity index (χ2v) is 6.18. The lowest BCUT2D eigenvalue weighted by Crippen LogP contribution is -2.24. The summed E-state index contributed by atoms with van der Waals surface area (Å²) in [4.78, 5) is 25.8. The zero-order valence-corrected chi connectivity index (χ0v) is 13.7. The zero-order chi connectivity index (χ0) is 17.2. The van der Waals surface area contributed by atoms with Crippen molar-refractivity contribution in [2.45, 2.75) is 11.7 Å². The number of aromatic amines is 1. The van der Waals surface area contributed by atoms with E-state index in [1.54, 1.807) is 10.6 Å². The maximum atomic E-state index is 12.0. The molecule has 9 nitrogen and oxygen atoms in total. The fourth-order valence-corrected chi connectivity index (χ4v) is 3.07. The number of rotatable bonds is 5. The van der Waals surface area contributed by atoms with Crippen molar-refractivity contribution in [2.75, 3.05) is 12.5 Å². The molecular weight excluding hydrogens is 346 g/mol. The lowest BCUT2D eigenvalue weighted by atomic mass is 10.2. The van der Waals surface area contributed by atoms with Crippen molar-refractivity contribution in [3.05, 3.63) is 46.4 Å². The molecule has 0 bridgehead atoms. The number of carbonyl (C=O) groups is 1. The van der Waals surface area contributed by atoms with Crippen LogP contribution in [0.2, 0.25) is 0 Å². The predicted octanol–water partition coefficient (Wildman–Crippen LogP) is 0.555. The molecule has 0 saturated heterocycles. The van der Waals surface area contributed by atoms with Gasteiger partial charge in [0.2, 0.25) is 18.5 Å². The summed E-state index contributed by atoms with van der Waals surface area (Å²) in [6.07, 6.45) is 1.57. The summed E-state index contributed by atoms with van der Waals surface area (Å²) in [5.74, 6) is 1.79. The highest BCUT2D eigenvalue weighted by Crippen LogP contribution is 2.32. The lowest BCUT2D eigenvalue weighted by molar-refractivity contribution is -0.118. The lowest BCUT2D eigenvalue weighted by Gasteiger charge is -2.06. The molecule has 0 spiro atoms. The Hall–Kier alpha value is -3.01. The van der Waals surface area contributed by atoms with E-state index in [0.717, 1.165) is 5.56 Å². The molecule has 4 rings (SSSR count). The minimum absolute atomic E-state index is 0.135.